The van der Waals surface area contributed by atoms with Crippen LogP contribution < -0.4 is 15.8 Å². The van der Waals surface area contributed by atoms with E-state index in [9.17, 15) is 9.59 Å². The summed E-state index contributed by atoms with van der Waals surface area (Å²) in [5.74, 6) is -0.185. The van der Waals surface area contributed by atoms with Gasteiger partial charge in [-0.1, -0.05) is 56.3 Å². The Hall–Kier alpha value is -2.82. The van der Waals surface area contributed by atoms with Crippen LogP contribution in [0.4, 0.5) is 0 Å². The van der Waals surface area contributed by atoms with Crippen LogP contribution in [0, 0.1) is 5.92 Å². The summed E-state index contributed by atoms with van der Waals surface area (Å²) in [6, 6.07) is 16.6. The summed E-state index contributed by atoms with van der Waals surface area (Å²) in [6.45, 7) is 4.03. The van der Waals surface area contributed by atoms with Crippen LogP contribution >= 0.6 is 0 Å². The van der Waals surface area contributed by atoms with Crippen molar-refractivity contribution in [2.45, 2.75) is 32.9 Å². The standard InChI is InChI=1S/C20H24N2O3/c1-14(2)20(24)22-18(19(21)23)12-15-8-10-17(11-9-15)25-13-16-6-4-3-5-7-16/h3-11,14,18H,12-13H2,1-2H3,(H2,21,23)(H,22,24)/t18-/m1/s1. The van der Waals surface area contributed by atoms with E-state index in [-0.39, 0.29) is 11.8 Å². The van der Waals surface area contributed by atoms with Crippen molar-refractivity contribution >= 4 is 11.8 Å². The molecular formula is C20H24N2O3. The van der Waals surface area contributed by atoms with E-state index in [1.807, 2.05) is 54.6 Å². The number of benzene rings is 2. The van der Waals surface area contributed by atoms with Crippen molar-refractivity contribution in [2.24, 2.45) is 11.7 Å². The Balaban J connectivity index is 1.93. The number of ether oxygens (including phenoxy) is 1. The zero-order valence-corrected chi connectivity index (χ0v) is 14.6. The Bertz CT molecular complexity index is 697. The molecule has 0 heterocycles. The van der Waals surface area contributed by atoms with Gasteiger partial charge in [-0.05, 0) is 23.3 Å². The molecule has 0 aromatic heterocycles. The maximum Gasteiger partial charge on any atom is 0.240 e. The van der Waals surface area contributed by atoms with Gasteiger partial charge >= 0.3 is 0 Å². The quantitative estimate of drug-likeness (QED) is 0.774. The Morgan fingerprint density at radius 3 is 2.20 bits per heavy atom. The van der Waals surface area contributed by atoms with Gasteiger partial charge in [0.1, 0.15) is 18.4 Å². The van der Waals surface area contributed by atoms with E-state index in [0.717, 1.165) is 16.9 Å². The first kappa shape index (κ1) is 18.5. The highest BCUT2D eigenvalue weighted by Gasteiger charge is 2.20. The smallest absolute Gasteiger partial charge is 0.240 e. The zero-order chi connectivity index (χ0) is 18.2. The summed E-state index contributed by atoms with van der Waals surface area (Å²) in [7, 11) is 0. The first-order valence-electron chi connectivity index (χ1n) is 8.31. The zero-order valence-electron chi connectivity index (χ0n) is 14.6. The molecule has 132 valence electrons. The van der Waals surface area contributed by atoms with Crippen molar-refractivity contribution in [3.05, 3.63) is 65.7 Å². The molecule has 2 aromatic rings. The fourth-order valence-electron chi connectivity index (χ4n) is 2.26. The molecule has 2 amide bonds. The van der Waals surface area contributed by atoms with Crippen LogP contribution in [0.5, 0.6) is 5.75 Å². The number of rotatable bonds is 8. The second-order valence-electron chi connectivity index (χ2n) is 6.24. The molecule has 5 nitrogen and oxygen atoms in total. The lowest BCUT2D eigenvalue weighted by atomic mass is 10.0. The first-order chi connectivity index (χ1) is 12.0. The molecule has 0 aliphatic heterocycles. The van der Waals surface area contributed by atoms with Gasteiger partial charge in [-0.25, -0.2) is 0 Å². The van der Waals surface area contributed by atoms with Crippen molar-refractivity contribution in [1.29, 1.82) is 0 Å². The van der Waals surface area contributed by atoms with Gasteiger partial charge in [0, 0.05) is 12.3 Å². The summed E-state index contributed by atoms with van der Waals surface area (Å²) >= 11 is 0. The van der Waals surface area contributed by atoms with E-state index in [2.05, 4.69) is 5.32 Å². The van der Waals surface area contributed by atoms with Crippen molar-refractivity contribution in [3.8, 4) is 5.75 Å². The summed E-state index contributed by atoms with van der Waals surface area (Å²) in [4.78, 5) is 23.4. The average Bonchev–Trinajstić information content (AvgIpc) is 2.61. The van der Waals surface area contributed by atoms with Crippen LogP contribution in [0.1, 0.15) is 25.0 Å². The third kappa shape index (κ3) is 5.95. The Kier molecular flexibility index (Phi) is 6.57. The lowest BCUT2D eigenvalue weighted by Gasteiger charge is -2.17. The number of amides is 2. The Morgan fingerprint density at radius 2 is 1.64 bits per heavy atom. The van der Waals surface area contributed by atoms with Crippen molar-refractivity contribution in [1.82, 2.24) is 5.32 Å². The minimum Gasteiger partial charge on any atom is -0.489 e. The highest BCUT2D eigenvalue weighted by atomic mass is 16.5. The fourth-order valence-corrected chi connectivity index (χ4v) is 2.26. The van der Waals surface area contributed by atoms with Crippen LogP contribution in [0.3, 0.4) is 0 Å². The molecule has 0 aliphatic rings. The number of hydrogen-bond donors (Lipinski definition) is 2. The van der Waals surface area contributed by atoms with Crippen LogP contribution in [-0.4, -0.2) is 17.9 Å². The summed E-state index contributed by atoms with van der Waals surface area (Å²) in [6.07, 6.45) is 0.354. The molecule has 0 spiro atoms. The number of nitrogens with two attached hydrogens (primary N) is 1. The van der Waals surface area contributed by atoms with Crippen molar-refractivity contribution in [3.63, 3.8) is 0 Å². The van der Waals surface area contributed by atoms with Gasteiger partial charge in [0.05, 0.1) is 0 Å². The third-order valence-electron chi connectivity index (χ3n) is 3.80. The van der Waals surface area contributed by atoms with Crippen molar-refractivity contribution in [2.75, 3.05) is 0 Å². The molecule has 0 radical (unpaired) electrons. The van der Waals surface area contributed by atoms with Gasteiger partial charge in [-0.2, -0.15) is 0 Å². The monoisotopic (exact) mass is 340 g/mol. The molecule has 0 bridgehead atoms. The maximum absolute atomic E-state index is 11.8. The Morgan fingerprint density at radius 1 is 1.00 bits per heavy atom. The predicted octanol–water partition coefficient (Wildman–Crippen LogP) is 2.43. The molecule has 1 atom stereocenters. The van der Waals surface area contributed by atoms with E-state index in [4.69, 9.17) is 10.5 Å². The normalized spacial score (nSPS) is 11.8. The SMILES string of the molecule is CC(C)C(=O)N[C@H](Cc1ccc(OCc2ccccc2)cc1)C(N)=O. The van der Waals surface area contributed by atoms with Gasteiger partial charge in [0.15, 0.2) is 0 Å². The number of hydrogen-bond acceptors (Lipinski definition) is 3. The van der Waals surface area contributed by atoms with Gasteiger partial charge in [0.25, 0.3) is 0 Å². The molecule has 0 saturated carbocycles. The lowest BCUT2D eigenvalue weighted by Crippen LogP contribution is -2.47. The Labute approximate surface area is 148 Å². The second-order valence-corrected chi connectivity index (χ2v) is 6.24. The highest BCUT2D eigenvalue weighted by molar-refractivity contribution is 5.87. The lowest BCUT2D eigenvalue weighted by molar-refractivity contribution is -0.129. The molecule has 0 unspecified atom stereocenters. The molecule has 0 aliphatic carbocycles. The van der Waals surface area contributed by atoms with Gasteiger partial charge in [-0.15, -0.1) is 0 Å². The summed E-state index contributed by atoms with van der Waals surface area (Å²) in [5, 5.41) is 2.68. The predicted molar refractivity (Wildman–Crippen MR) is 96.9 cm³/mol. The highest BCUT2D eigenvalue weighted by Crippen LogP contribution is 2.15. The molecular weight excluding hydrogens is 316 g/mol. The molecule has 2 rings (SSSR count). The van der Waals surface area contributed by atoms with E-state index < -0.39 is 11.9 Å². The molecule has 5 heteroatoms. The number of carbonyl (C=O) groups excluding carboxylic acids is 2. The number of primary amides is 1. The summed E-state index contributed by atoms with van der Waals surface area (Å²) in [5.41, 5.74) is 7.39. The minimum atomic E-state index is -0.717. The largest absolute Gasteiger partial charge is 0.489 e. The van der Waals surface area contributed by atoms with Crippen molar-refractivity contribution < 1.29 is 14.3 Å². The minimum absolute atomic E-state index is 0.188. The molecule has 2 aromatic carbocycles. The molecule has 0 saturated heterocycles. The van der Waals surface area contributed by atoms with Crippen LogP contribution in [0.2, 0.25) is 0 Å². The summed E-state index contributed by atoms with van der Waals surface area (Å²) < 4.78 is 5.73. The number of carbonyl (C=O) groups is 2. The van der Waals surface area contributed by atoms with Crippen LogP contribution in [0.25, 0.3) is 0 Å². The average molecular weight is 340 g/mol. The van der Waals surface area contributed by atoms with Gasteiger partial charge in [-0.3, -0.25) is 9.59 Å². The molecule has 25 heavy (non-hydrogen) atoms. The van der Waals surface area contributed by atoms with Gasteiger partial charge < -0.3 is 15.8 Å². The van der Waals surface area contributed by atoms with E-state index in [0.29, 0.717) is 13.0 Å². The fraction of sp³-hybridized carbons (Fsp3) is 0.300. The van der Waals surface area contributed by atoms with E-state index in [1.165, 1.54) is 0 Å². The molecule has 0 fully saturated rings. The van der Waals surface area contributed by atoms with Gasteiger partial charge in [0.2, 0.25) is 11.8 Å². The second kappa shape index (κ2) is 8.87. The van der Waals surface area contributed by atoms with E-state index >= 15 is 0 Å². The molecule has 3 N–H and O–H groups in total. The third-order valence-corrected chi connectivity index (χ3v) is 3.80. The van der Waals surface area contributed by atoms with Crippen LogP contribution in [0.15, 0.2) is 54.6 Å². The van der Waals surface area contributed by atoms with Crippen LogP contribution in [-0.2, 0) is 22.6 Å². The number of nitrogens with one attached hydrogen (secondary N) is 1. The van der Waals surface area contributed by atoms with E-state index in [1.54, 1.807) is 13.8 Å². The first-order valence-corrected chi connectivity index (χ1v) is 8.31. The topological polar surface area (TPSA) is 81.4 Å². The maximum atomic E-state index is 11.8.